The quantitative estimate of drug-likeness (QED) is 0.723. The molecule has 0 atom stereocenters. The third-order valence-corrected chi connectivity index (χ3v) is 2.54. The van der Waals surface area contributed by atoms with Gasteiger partial charge in [-0.25, -0.2) is 9.97 Å². The van der Waals surface area contributed by atoms with Gasteiger partial charge in [0, 0.05) is 19.2 Å². The maximum Gasteiger partial charge on any atom is 0.405 e. The summed E-state index contributed by atoms with van der Waals surface area (Å²) in [6.45, 7) is 3.36. The Bertz CT molecular complexity index is 429. The van der Waals surface area contributed by atoms with Crippen LogP contribution in [0.2, 0.25) is 5.15 Å². The topological polar surface area (TPSA) is 38.2 Å². The zero-order valence-electron chi connectivity index (χ0n) is 11.4. The van der Waals surface area contributed by atoms with Crippen molar-refractivity contribution >= 4 is 17.4 Å². The van der Waals surface area contributed by atoms with E-state index in [1.807, 2.05) is 0 Å². The molecule has 4 nitrogen and oxygen atoms in total. The first-order valence-corrected chi connectivity index (χ1v) is 6.66. The van der Waals surface area contributed by atoms with Gasteiger partial charge in [0.25, 0.3) is 0 Å². The predicted octanol–water partition coefficient (Wildman–Crippen LogP) is 3.45. The van der Waals surface area contributed by atoms with Crippen LogP contribution in [0, 0.1) is 0 Å². The Morgan fingerprint density at radius 1 is 1.30 bits per heavy atom. The van der Waals surface area contributed by atoms with Gasteiger partial charge in [-0.3, -0.25) is 0 Å². The molecule has 0 amide bonds. The van der Waals surface area contributed by atoms with Gasteiger partial charge < -0.3 is 9.64 Å². The molecule has 114 valence electrons. The molecule has 0 aliphatic carbocycles. The summed E-state index contributed by atoms with van der Waals surface area (Å²) in [6.07, 6.45) is -3.73. The minimum Gasteiger partial charge on any atom is -0.374 e. The second kappa shape index (κ2) is 7.64. The predicted molar refractivity (Wildman–Crippen MR) is 70.9 cm³/mol. The number of alkyl halides is 3. The number of hydrogen-bond acceptors (Lipinski definition) is 4. The van der Waals surface area contributed by atoms with Gasteiger partial charge >= 0.3 is 6.18 Å². The molecule has 0 saturated heterocycles. The molecule has 1 heterocycles. The third-order valence-electron chi connectivity index (χ3n) is 2.35. The fraction of sp³-hybridized carbons (Fsp3) is 0.667. The smallest absolute Gasteiger partial charge is 0.374 e. The lowest BCUT2D eigenvalue weighted by atomic mass is 10.3. The van der Waals surface area contributed by atoms with Crippen LogP contribution in [0.25, 0.3) is 0 Å². The molecule has 1 aromatic rings. The molecule has 0 fully saturated rings. The summed E-state index contributed by atoms with van der Waals surface area (Å²) in [4.78, 5) is 9.15. The van der Waals surface area contributed by atoms with Crippen molar-refractivity contribution in [3.05, 3.63) is 17.0 Å². The van der Waals surface area contributed by atoms with E-state index in [0.29, 0.717) is 13.0 Å². The molecule has 0 aliphatic heterocycles. The van der Waals surface area contributed by atoms with Crippen LogP contribution in [0.15, 0.2) is 6.07 Å². The lowest BCUT2D eigenvalue weighted by molar-refractivity contribution is -0.119. The van der Waals surface area contributed by atoms with Crippen LogP contribution in [-0.2, 0) is 11.3 Å². The van der Waals surface area contributed by atoms with Gasteiger partial charge in [-0.15, -0.1) is 0 Å². The summed E-state index contributed by atoms with van der Waals surface area (Å²) in [7, 11) is 0. The van der Waals surface area contributed by atoms with Gasteiger partial charge in [-0.1, -0.05) is 18.5 Å². The molecule has 0 radical (unpaired) electrons. The zero-order chi connectivity index (χ0) is 15.2. The summed E-state index contributed by atoms with van der Waals surface area (Å²) in [5, 5.41) is 0.105. The number of ether oxygens (including phenoxy) is 1. The molecule has 20 heavy (non-hydrogen) atoms. The number of hydrogen-bond donors (Lipinski definition) is 0. The highest BCUT2D eigenvalue weighted by Gasteiger charge is 2.31. The molecule has 8 heteroatoms. The van der Waals surface area contributed by atoms with Crippen molar-refractivity contribution in [2.45, 2.75) is 33.1 Å². The van der Waals surface area contributed by atoms with Crippen LogP contribution in [-0.4, -0.2) is 35.8 Å². The molecule has 1 aromatic heterocycles. The van der Waals surface area contributed by atoms with Crippen molar-refractivity contribution < 1.29 is 17.9 Å². The van der Waals surface area contributed by atoms with Gasteiger partial charge in [0.15, 0.2) is 5.82 Å². The van der Waals surface area contributed by atoms with Crippen LogP contribution >= 0.6 is 11.6 Å². The van der Waals surface area contributed by atoms with E-state index < -0.39 is 12.7 Å². The molecule has 1 rings (SSSR count). The SMILES string of the molecule is CCCN(CC(F)(F)F)c1cc(Cl)nc(COCC)n1. The summed E-state index contributed by atoms with van der Waals surface area (Å²) in [6, 6.07) is 1.33. The lowest BCUT2D eigenvalue weighted by Crippen LogP contribution is -2.35. The molecular weight excluding hydrogens is 295 g/mol. The number of halogens is 4. The Balaban J connectivity index is 2.96. The summed E-state index contributed by atoms with van der Waals surface area (Å²) in [5.74, 6) is 0.441. The van der Waals surface area contributed by atoms with Gasteiger partial charge in [0.1, 0.15) is 24.1 Å². The first-order chi connectivity index (χ1) is 9.35. The van der Waals surface area contributed by atoms with Crippen molar-refractivity contribution in [1.82, 2.24) is 9.97 Å². The Morgan fingerprint density at radius 3 is 2.55 bits per heavy atom. The fourth-order valence-corrected chi connectivity index (χ4v) is 1.83. The van der Waals surface area contributed by atoms with Crippen LogP contribution in [0.3, 0.4) is 0 Å². The maximum atomic E-state index is 12.6. The average Bonchev–Trinajstić information content (AvgIpc) is 2.33. The summed E-state index contributed by atoms with van der Waals surface area (Å²) >= 11 is 5.83. The van der Waals surface area contributed by atoms with Crippen molar-refractivity contribution in [3.8, 4) is 0 Å². The van der Waals surface area contributed by atoms with Crippen molar-refractivity contribution in [1.29, 1.82) is 0 Å². The van der Waals surface area contributed by atoms with E-state index in [0.717, 1.165) is 4.90 Å². The van der Waals surface area contributed by atoms with E-state index in [2.05, 4.69) is 9.97 Å². The first-order valence-electron chi connectivity index (χ1n) is 6.28. The van der Waals surface area contributed by atoms with E-state index in [1.165, 1.54) is 6.07 Å². The number of aromatic nitrogens is 2. The van der Waals surface area contributed by atoms with Crippen molar-refractivity contribution in [2.75, 3.05) is 24.6 Å². The average molecular weight is 312 g/mol. The van der Waals surface area contributed by atoms with E-state index >= 15 is 0 Å². The van der Waals surface area contributed by atoms with E-state index in [-0.39, 0.29) is 29.9 Å². The first kappa shape index (κ1) is 17.0. The Kier molecular flexibility index (Phi) is 6.48. The fourth-order valence-electron chi connectivity index (χ4n) is 1.63. The number of anilines is 1. The molecular formula is C12H17ClF3N3O. The molecule has 0 aliphatic rings. The lowest BCUT2D eigenvalue weighted by Gasteiger charge is -2.24. The molecule has 0 saturated carbocycles. The minimum absolute atomic E-state index is 0.105. The van der Waals surface area contributed by atoms with Crippen molar-refractivity contribution in [3.63, 3.8) is 0 Å². The number of rotatable bonds is 7. The van der Waals surface area contributed by atoms with E-state index in [1.54, 1.807) is 13.8 Å². The molecule has 0 bridgehead atoms. The maximum absolute atomic E-state index is 12.6. The highest BCUT2D eigenvalue weighted by Crippen LogP contribution is 2.23. The zero-order valence-corrected chi connectivity index (χ0v) is 12.1. The largest absolute Gasteiger partial charge is 0.405 e. The van der Waals surface area contributed by atoms with Gasteiger partial charge in [0.2, 0.25) is 0 Å². The highest BCUT2D eigenvalue weighted by molar-refractivity contribution is 6.29. The van der Waals surface area contributed by atoms with Crippen molar-refractivity contribution in [2.24, 2.45) is 0 Å². The van der Waals surface area contributed by atoms with E-state index in [9.17, 15) is 13.2 Å². The van der Waals surface area contributed by atoms with Gasteiger partial charge in [-0.2, -0.15) is 13.2 Å². The van der Waals surface area contributed by atoms with E-state index in [4.69, 9.17) is 16.3 Å². The highest BCUT2D eigenvalue weighted by atomic mass is 35.5. The van der Waals surface area contributed by atoms with Crippen LogP contribution in [0.1, 0.15) is 26.1 Å². The molecule has 0 aromatic carbocycles. The third kappa shape index (κ3) is 5.92. The second-order valence-electron chi connectivity index (χ2n) is 4.14. The Labute approximate surface area is 120 Å². The minimum atomic E-state index is -4.30. The van der Waals surface area contributed by atoms with Crippen LogP contribution in [0.4, 0.5) is 19.0 Å². The Hall–Kier alpha value is -1.08. The standard InChI is InChI=1S/C12H17ClF3N3O/c1-3-5-19(8-12(14,15)16)11-6-9(13)17-10(18-11)7-20-4-2/h6H,3-5,7-8H2,1-2H3. The summed E-state index contributed by atoms with van der Waals surface area (Å²) in [5.41, 5.74) is 0. The Morgan fingerprint density at radius 2 is 2.00 bits per heavy atom. The van der Waals surface area contributed by atoms with Gasteiger partial charge in [-0.05, 0) is 13.3 Å². The van der Waals surface area contributed by atoms with Gasteiger partial charge in [0.05, 0.1) is 0 Å². The van der Waals surface area contributed by atoms with Crippen LogP contribution in [0.5, 0.6) is 0 Å². The number of nitrogens with zero attached hydrogens (tertiary/aromatic N) is 3. The molecule has 0 N–H and O–H groups in total. The van der Waals surface area contributed by atoms with Crippen LogP contribution < -0.4 is 4.90 Å². The summed E-state index contributed by atoms with van der Waals surface area (Å²) < 4.78 is 42.9. The normalized spacial score (nSPS) is 11.7. The second-order valence-corrected chi connectivity index (χ2v) is 4.53. The monoisotopic (exact) mass is 311 g/mol. The molecule has 0 spiro atoms. The molecule has 0 unspecified atom stereocenters.